The van der Waals surface area contributed by atoms with E-state index in [1.54, 1.807) is 6.07 Å². The van der Waals surface area contributed by atoms with Crippen LogP contribution < -0.4 is 10.1 Å². The number of ether oxygens (including phenoxy) is 2. The number of nitrogens with one attached hydrogen (secondary N) is 1. The van der Waals surface area contributed by atoms with Crippen molar-refractivity contribution >= 4 is 11.9 Å². The second kappa shape index (κ2) is 7.96. The van der Waals surface area contributed by atoms with Gasteiger partial charge in [0, 0.05) is 6.04 Å². The van der Waals surface area contributed by atoms with Gasteiger partial charge in [-0.25, -0.2) is 4.39 Å². The summed E-state index contributed by atoms with van der Waals surface area (Å²) in [6.45, 7) is 1.81. The SMILES string of the molecule is COc1ccc(CC(=O)OCC(=O)N[C@H](C)C23CC4CC(CC(C4)C2)C3)cc1F. The van der Waals surface area contributed by atoms with Crippen molar-refractivity contribution in [1.29, 1.82) is 0 Å². The highest BCUT2D eigenvalue weighted by atomic mass is 19.1. The Balaban J connectivity index is 1.25. The summed E-state index contributed by atoms with van der Waals surface area (Å²) in [7, 11) is 1.38. The maximum Gasteiger partial charge on any atom is 0.310 e. The summed E-state index contributed by atoms with van der Waals surface area (Å²) in [5, 5.41) is 3.09. The molecule has 0 aliphatic heterocycles. The van der Waals surface area contributed by atoms with E-state index in [1.165, 1.54) is 57.8 Å². The zero-order chi connectivity index (χ0) is 20.6. The molecule has 1 atom stereocenters. The molecule has 5 rings (SSSR count). The Bertz CT molecular complexity index is 758. The molecule has 0 heterocycles. The molecule has 0 radical (unpaired) electrons. The molecule has 1 amide bonds. The number of halogens is 1. The van der Waals surface area contributed by atoms with Crippen LogP contribution in [0.4, 0.5) is 4.39 Å². The van der Waals surface area contributed by atoms with Gasteiger partial charge in [0.1, 0.15) is 0 Å². The van der Waals surface area contributed by atoms with Crippen molar-refractivity contribution < 1.29 is 23.5 Å². The number of benzene rings is 1. The molecule has 4 fully saturated rings. The van der Waals surface area contributed by atoms with Crippen LogP contribution in [-0.4, -0.2) is 31.6 Å². The van der Waals surface area contributed by atoms with Crippen LogP contribution in [0.5, 0.6) is 5.75 Å². The maximum absolute atomic E-state index is 13.7. The van der Waals surface area contributed by atoms with Gasteiger partial charge in [0.25, 0.3) is 5.91 Å². The minimum Gasteiger partial charge on any atom is -0.494 e. The summed E-state index contributed by atoms with van der Waals surface area (Å²) < 4.78 is 23.7. The Morgan fingerprint density at radius 3 is 2.34 bits per heavy atom. The first-order valence-corrected chi connectivity index (χ1v) is 10.6. The van der Waals surface area contributed by atoms with Crippen molar-refractivity contribution in [3.8, 4) is 5.75 Å². The van der Waals surface area contributed by atoms with Crippen LogP contribution in [0, 0.1) is 29.0 Å². The van der Waals surface area contributed by atoms with Crippen molar-refractivity contribution in [1.82, 2.24) is 5.32 Å². The summed E-state index contributed by atoms with van der Waals surface area (Å²) in [4.78, 5) is 24.4. The van der Waals surface area contributed by atoms with Gasteiger partial charge >= 0.3 is 5.97 Å². The molecule has 4 saturated carbocycles. The van der Waals surface area contributed by atoms with Gasteiger partial charge in [-0.05, 0) is 86.3 Å². The van der Waals surface area contributed by atoms with Gasteiger partial charge in [0.15, 0.2) is 18.2 Å². The fraction of sp³-hybridized carbons (Fsp3) is 0.652. The van der Waals surface area contributed by atoms with Gasteiger partial charge < -0.3 is 14.8 Å². The molecule has 29 heavy (non-hydrogen) atoms. The summed E-state index contributed by atoms with van der Waals surface area (Å²) in [6.07, 6.45) is 7.64. The molecule has 0 saturated heterocycles. The molecule has 0 aromatic heterocycles. The van der Waals surface area contributed by atoms with Crippen LogP contribution in [0.3, 0.4) is 0 Å². The zero-order valence-electron chi connectivity index (χ0n) is 17.2. The molecule has 1 N–H and O–H groups in total. The van der Waals surface area contributed by atoms with E-state index in [2.05, 4.69) is 12.2 Å². The number of hydrogen-bond acceptors (Lipinski definition) is 4. The third kappa shape index (κ3) is 4.26. The van der Waals surface area contributed by atoms with E-state index in [1.807, 2.05) is 0 Å². The Morgan fingerprint density at radius 1 is 1.17 bits per heavy atom. The second-order valence-electron chi connectivity index (χ2n) is 9.38. The van der Waals surface area contributed by atoms with Crippen LogP contribution in [-0.2, 0) is 20.7 Å². The lowest BCUT2D eigenvalue weighted by Crippen LogP contribution is -2.56. The fourth-order valence-electron chi connectivity index (χ4n) is 6.33. The van der Waals surface area contributed by atoms with E-state index in [-0.39, 0.29) is 36.1 Å². The monoisotopic (exact) mass is 403 g/mol. The van der Waals surface area contributed by atoms with E-state index in [0.29, 0.717) is 5.56 Å². The molecule has 4 bridgehead atoms. The summed E-state index contributed by atoms with van der Waals surface area (Å²) in [5.41, 5.74) is 0.699. The van der Waals surface area contributed by atoms with Crippen LogP contribution in [0.1, 0.15) is 51.0 Å². The number of esters is 1. The molecule has 0 unspecified atom stereocenters. The third-order valence-electron chi connectivity index (χ3n) is 7.31. The normalized spacial score (nSPS) is 30.7. The predicted molar refractivity (Wildman–Crippen MR) is 106 cm³/mol. The Morgan fingerprint density at radius 2 is 1.79 bits per heavy atom. The van der Waals surface area contributed by atoms with Crippen LogP contribution in [0.15, 0.2) is 18.2 Å². The van der Waals surface area contributed by atoms with Crippen LogP contribution >= 0.6 is 0 Å². The lowest BCUT2D eigenvalue weighted by atomic mass is 9.48. The van der Waals surface area contributed by atoms with Crippen molar-refractivity contribution in [2.75, 3.05) is 13.7 Å². The fourth-order valence-corrected chi connectivity index (χ4v) is 6.33. The van der Waals surface area contributed by atoms with Crippen LogP contribution in [0.25, 0.3) is 0 Å². The zero-order valence-corrected chi connectivity index (χ0v) is 17.2. The smallest absolute Gasteiger partial charge is 0.310 e. The summed E-state index contributed by atoms with van der Waals surface area (Å²) >= 11 is 0. The van der Waals surface area contributed by atoms with Gasteiger partial charge in [-0.1, -0.05) is 6.07 Å². The van der Waals surface area contributed by atoms with E-state index in [0.717, 1.165) is 17.8 Å². The van der Waals surface area contributed by atoms with E-state index < -0.39 is 11.8 Å². The summed E-state index contributed by atoms with van der Waals surface area (Å²) in [6, 6.07) is 4.42. The van der Waals surface area contributed by atoms with E-state index in [4.69, 9.17) is 9.47 Å². The average Bonchev–Trinajstić information content (AvgIpc) is 2.65. The minimum atomic E-state index is -0.549. The number of amides is 1. The third-order valence-corrected chi connectivity index (χ3v) is 7.31. The second-order valence-corrected chi connectivity index (χ2v) is 9.38. The highest BCUT2D eigenvalue weighted by Crippen LogP contribution is 2.61. The predicted octanol–water partition coefficient (Wildman–Crippen LogP) is 3.64. The van der Waals surface area contributed by atoms with Crippen molar-refractivity contribution in [2.45, 2.75) is 57.9 Å². The van der Waals surface area contributed by atoms with Crippen molar-refractivity contribution in [2.24, 2.45) is 23.2 Å². The molecule has 1 aromatic carbocycles. The van der Waals surface area contributed by atoms with E-state index >= 15 is 0 Å². The highest BCUT2D eigenvalue weighted by Gasteiger charge is 2.53. The number of hydrogen-bond donors (Lipinski definition) is 1. The lowest BCUT2D eigenvalue weighted by Gasteiger charge is -2.59. The summed E-state index contributed by atoms with van der Waals surface area (Å²) in [5.74, 6) is 1.25. The average molecular weight is 403 g/mol. The largest absolute Gasteiger partial charge is 0.494 e. The first-order chi connectivity index (χ1) is 13.9. The molecule has 0 spiro atoms. The number of carbonyl (C=O) groups is 2. The van der Waals surface area contributed by atoms with Gasteiger partial charge in [0.05, 0.1) is 13.5 Å². The first-order valence-electron chi connectivity index (χ1n) is 10.6. The molecule has 4 aliphatic carbocycles. The quantitative estimate of drug-likeness (QED) is 0.706. The Hall–Kier alpha value is -2.11. The highest BCUT2D eigenvalue weighted by molar-refractivity contribution is 5.81. The van der Waals surface area contributed by atoms with Gasteiger partial charge in [-0.15, -0.1) is 0 Å². The topological polar surface area (TPSA) is 64.6 Å². The van der Waals surface area contributed by atoms with Gasteiger partial charge in [0.2, 0.25) is 0 Å². The first kappa shape index (κ1) is 20.2. The molecule has 6 heteroatoms. The van der Waals surface area contributed by atoms with Crippen LogP contribution in [0.2, 0.25) is 0 Å². The molecule has 5 nitrogen and oxygen atoms in total. The van der Waals surface area contributed by atoms with E-state index in [9.17, 15) is 14.0 Å². The maximum atomic E-state index is 13.7. The Kier molecular flexibility index (Phi) is 5.54. The lowest BCUT2D eigenvalue weighted by molar-refractivity contribution is -0.148. The van der Waals surface area contributed by atoms with Crippen molar-refractivity contribution in [3.63, 3.8) is 0 Å². The molecular formula is C23H30FNO4. The number of methoxy groups -OCH3 is 1. The number of rotatable bonds is 7. The molecule has 1 aromatic rings. The Labute approximate surface area is 171 Å². The molecule has 4 aliphatic rings. The minimum absolute atomic E-state index is 0.0846. The molecular weight excluding hydrogens is 373 g/mol. The van der Waals surface area contributed by atoms with Gasteiger partial charge in [-0.3, -0.25) is 9.59 Å². The van der Waals surface area contributed by atoms with Gasteiger partial charge in [-0.2, -0.15) is 0 Å². The molecule has 158 valence electrons. The van der Waals surface area contributed by atoms with Crippen molar-refractivity contribution in [3.05, 3.63) is 29.6 Å². The number of carbonyl (C=O) groups excluding carboxylic acids is 2. The standard InChI is InChI=1S/C23H30FNO4/c1-14(23-10-16-5-17(11-23)7-18(6-16)12-23)25-21(26)13-29-22(27)9-15-3-4-20(28-2)19(24)8-15/h3-4,8,14,16-18H,5-7,9-13H2,1-2H3,(H,25,26)/t14-,16?,17?,18?,23?/m1/s1.